The van der Waals surface area contributed by atoms with Gasteiger partial charge in [0.25, 0.3) is 5.91 Å². The molecule has 0 spiro atoms. The van der Waals surface area contributed by atoms with Gasteiger partial charge >= 0.3 is 0 Å². The Kier molecular flexibility index (Phi) is 5.25. The van der Waals surface area contributed by atoms with E-state index in [9.17, 15) is 4.79 Å². The first-order valence-corrected chi connectivity index (χ1v) is 5.70. The molecule has 0 heterocycles. The predicted octanol–water partition coefficient (Wildman–Crippen LogP) is 1.52. The Morgan fingerprint density at radius 3 is 2.88 bits per heavy atom. The summed E-state index contributed by atoms with van der Waals surface area (Å²) in [6.45, 7) is 3.61. The van der Waals surface area contributed by atoms with Crippen LogP contribution in [0, 0.1) is 6.92 Å². The smallest absolute Gasteiger partial charge is 0.258 e. The number of halogens is 1. The van der Waals surface area contributed by atoms with Crippen molar-refractivity contribution >= 4 is 17.5 Å². The van der Waals surface area contributed by atoms with E-state index in [1.165, 1.54) is 0 Å². The van der Waals surface area contributed by atoms with Crippen LogP contribution in [0.25, 0.3) is 0 Å². The van der Waals surface area contributed by atoms with Crippen LogP contribution < -0.4 is 10.1 Å². The molecule has 0 aliphatic carbocycles. The minimum absolute atomic E-state index is 0.0756. The van der Waals surface area contributed by atoms with Crippen molar-refractivity contribution in [1.82, 2.24) is 5.32 Å². The summed E-state index contributed by atoms with van der Waals surface area (Å²) in [5, 5.41) is 12.2. The average Bonchev–Trinajstić information content (AvgIpc) is 2.28. The van der Waals surface area contributed by atoms with Gasteiger partial charge in [-0.2, -0.15) is 0 Å². The summed E-state index contributed by atoms with van der Waals surface area (Å²) in [5.41, 5.74) is 0.897. The summed E-state index contributed by atoms with van der Waals surface area (Å²) in [5.74, 6) is 0.331. The molecule has 0 bridgehead atoms. The first-order chi connectivity index (χ1) is 7.99. The zero-order chi connectivity index (χ0) is 12.8. The van der Waals surface area contributed by atoms with Crippen LogP contribution in [0.15, 0.2) is 18.2 Å². The highest BCUT2D eigenvalue weighted by Crippen LogP contribution is 2.20. The molecule has 1 aromatic carbocycles. The van der Waals surface area contributed by atoms with Crippen LogP contribution in [0.2, 0.25) is 5.02 Å². The Bertz CT molecular complexity index is 393. The van der Waals surface area contributed by atoms with E-state index in [2.05, 4.69) is 5.32 Å². The molecule has 4 nitrogen and oxygen atoms in total. The second kappa shape index (κ2) is 6.47. The molecule has 0 saturated heterocycles. The Morgan fingerprint density at radius 2 is 2.29 bits per heavy atom. The Balaban J connectivity index is 2.39. The lowest BCUT2D eigenvalue weighted by atomic mass is 10.2. The van der Waals surface area contributed by atoms with E-state index >= 15 is 0 Å². The molecule has 94 valence electrons. The number of amides is 1. The lowest BCUT2D eigenvalue weighted by Gasteiger charge is -2.09. The van der Waals surface area contributed by atoms with Crippen molar-refractivity contribution in [2.24, 2.45) is 0 Å². The van der Waals surface area contributed by atoms with E-state index in [1.54, 1.807) is 25.1 Å². The van der Waals surface area contributed by atoms with Gasteiger partial charge in [-0.1, -0.05) is 11.6 Å². The normalized spacial score (nSPS) is 12.0. The van der Waals surface area contributed by atoms with Crippen molar-refractivity contribution in [3.63, 3.8) is 0 Å². The molecule has 2 N–H and O–H groups in total. The van der Waals surface area contributed by atoms with Gasteiger partial charge in [0.05, 0.1) is 6.10 Å². The fourth-order valence-electron chi connectivity index (χ4n) is 1.17. The standard InChI is InChI=1S/C12H16ClNO3/c1-8-5-10(3-4-11(8)13)17-7-12(16)14-6-9(2)15/h3-5,9,15H,6-7H2,1-2H3,(H,14,16). The van der Waals surface area contributed by atoms with Gasteiger partial charge in [0.1, 0.15) is 5.75 Å². The molecule has 1 unspecified atom stereocenters. The zero-order valence-electron chi connectivity index (χ0n) is 9.87. The monoisotopic (exact) mass is 257 g/mol. The van der Waals surface area contributed by atoms with Gasteiger partial charge in [-0.05, 0) is 37.6 Å². The quantitative estimate of drug-likeness (QED) is 0.841. The molecule has 0 fully saturated rings. The van der Waals surface area contributed by atoms with Crippen LogP contribution in [0.1, 0.15) is 12.5 Å². The molecule has 1 amide bonds. The summed E-state index contributed by atoms with van der Waals surface area (Å²) < 4.78 is 5.28. The van der Waals surface area contributed by atoms with E-state index in [1.807, 2.05) is 6.92 Å². The number of hydrogen-bond acceptors (Lipinski definition) is 3. The maximum Gasteiger partial charge on any atom is 0.258 e. The third kappa shape index (κ3) is 5.06. The summed E-state index contributed by atoms with van der Waals surface area (Å²) in [4.78, 5) is 11.3. The number of ether oxygens (including phenoxy) is 1. The highest BCUT2D eigenvalue weighted by atomic mass is 35.5. The van der Waals surface area contributed by atoms with Crippen molar-refractivity contribution < 1.29 is 14.6 Å². The molecule has 5 heteroatoms. The Labute approximate surface area is 106 Å². The maximum absolute atomic E-state index is 11.3. The fraction of sp³-hybridized carbons (Fsp3) is 0.417. The molecule has 0 radical (unpaired) electrons. The van der Waals surface area contributed by atoms with E-state index in [0.29, 0.717) is 10.8 Å². The number of hydrogen-bond donors (Lipinski definition) is 2. The summed E-state index contributed by atoms with van der Waals surface area (Å²) in [7, 11) is 0. The topological polar surface area (TPSA) is 58.6 Å². The van der Waals surface area contributed by atoms with Gasteiger partial charge in [0.15, 0.2) is 6.61 Å². The number of aliphatic hydroxyl groups is 1. The molecule has 1 rings (SSSR count). The number of carbonyl (C=O) groups excluding carboxylic acids is 1. The maximum atomic E-state index is 11.3. The average molecular weight is 258 g/mol. The minimum atomic E-state index is -0.559. The van der Waals surface area contributed by atoms with Gasteiger partial charge in [0.2, 0.25) is 0 Å². The molecule has 1 atom stereocenters. The molecule has 17 heavy (non-hydrogen) atoms. The summed E-state index contributed by atoms with van der Waals surface area (Å²) in [6, 6.07) is 5.20. The molecule has 0 aliphatic rings. The van der Waals surface area contributed by atoms with Crippen molar-refractivity contribution in [1.29, 1.82) is 0 Å². The van der Waals surface area contributed by atoms with Gasteiger partial charge in [-0.3, -0.25) is 4.79 Å². The number of benzene rings is 1. The van der Waals surface area contributed by atoms with E-state index < -0.39 is 6.10 Å². The molecule has 1 aromatic rings. The van der Waals surface area contributed by atoms with Crippen LogP contribution in [0.3, 0.4) is 0 Å². The predicted molar refractivity (Wildman–Crippen MR) is 66.4 cm³/mol. The van der Waals surface area contributed by atoms with Crippen LogP contribution in [0.5, 0.6) is 5.75 Å². The van der Waals surface area contributed by atoms with Crippen LogP contribution >= 0.6 is 11.6 Å². The van der Waals surface area contributed by atoms with Gasteiger partial charge in [0, 0.05) is 11.6 Å². The van der Waals surface area contributed by atoms with Gasteiger partial charge in [-0.25, -0.2) is 0 Å². The second-order valence-corrected chi connectivity index (χ2v) is 4.26. The van der Waals surface area contributed by atoms with Crippen LogP contribution in [-0.4, -0.2) is 30.3 Å². The highest BCUT2D eigenvalue weighted by Gasteiger charge is 2.04. The van der Waals surface area contributed by atoms with Crippen molar-refractivity contribution in [2.45, 2.75) is 20.0 Å². The Morgan fingerprint density at radius 1 is 1.59 bits per heavy atom. The number of nitrogens with one attached hydrogen (secondary N) is 1. The SMILES string of the molecule is Cc1cc(OCC(=O)NCC(C)O)ccc1Cl. The second-order valence-electron chi connectivity index (χ2n) is 3.85. The lowest BCUT2D eigenvalue weighted by Crippen LogP contribution is -2.34. The number of aliphatic hydroxyl groups excluding tert-OH is 1. The summed E-state index contributed by atoms with van der Waals surface area (Å²) in [6.07, 6.45) is -0.559. The van der Waals surface area contributed by atoms with Crippen molar-refractivity contribution in [3.8, 4) is 5.75 Å². The van der Waals surface area contributed by atoms with Crippen molar-refractivity contribution in [3.05, 3.63) is 28.8 Å². The number of aryl methyl sites for hydroxylation is 1. The van der Waals surface area contributed by atoms with Gasteiger partial charge < -0.3 is 15.2 Å². The first-order valence-electron chi connectivity index (χ1n) is 5.32. The molecular formula is C12H16ClNO3. The van der Waals surface area contributed by atoms with E-state index in [0.717, 1.165) is 5.56 Å². The molecule has 0 aliphatic heterocycles. The first kappa shape index (κ1) is 13.8. The zero-order valence-corrected chi connectivity index (χ0v) is 10.6. The number of carbonyl (C=O) groups is 1. The molecule has 0 aromatic heterocycles. The van der Waals surface area contributed by atoms with E-state index in [-0.39, 0.29) is 19.1 Å². The summed E-state index contributed by atoms with van der Waals surface area (Å²) >= 11 is 5.87. The minimum Gasteiger partial charge on any atom is -0.484 e. The lowest BCUT2D eigenvalue weighted by molar-refractivity contribution is -0.123. The van der Waals surface area contributed by atoms with Crippen LogP contribution in [0.4, 0.5) is 0 Å². The Hall–Kier alpha value is -1.26. The number of rotatable bonds is 5. The molecular weight excluding hydrogens is 242 g/mol. The fourth-order valence-corrected chi connectivity index (χ4v) is 1.29. The van der Waals surface area contributed by atoms with Crippen LogP contribution in [-0.2, 0) is 4.79 Å². The largest absolute Gasteiger partial charge is 0.484 e. The van der Waals surface area contributed by atoms with E-state index in [4.69, 9.17) is 21.4 Å². The third-order valence-corrected chi connectivity index (χ3v) is 2.52. The van der Waals surface area contributed by atoms with Gasteiger partial charge in [-0.15, -0.1) is 0 Å². The highest BCUT2D eigenvalue weighted by molar-refractivity contribution is 6.31. The third-order valence-electron chi connectivity index (χ3n) is 2.09. The van der Waals surface area contributed by atoms with Crippen molar-refractivity contribution in [2.75, 3.05) is 13.2 Å². The molecule has 0 saturated carbocycles.